The molecule has 0 aliphatic heterocycles. The fourth-order valence-electron chi connectivity index (χ4n) is 2.03. The van der Waals surface area contributed by atoms with E-state index in [1.165, 1.54) is 0 Å². The molecule has 0 fully saturated rings. The van der Waals surface area contributed by atoms with E-state index in [0.717, 1.165) is 0 Å². The van der Waals surface area contributed by atoms with E-state index in [1.54, 1.807) is 60.7 Å². The lowest BCUT2D eigenvalue weighted by Gasteiger charge is -2.20. The predicted molar refractivity (Wildman–Crippen MR) is 91.7 cm³/mol. The van der Waals surface area contributed by atoms with Crippen molar-refractivity contribution in [2.45, 2.75) is 11.4 Å². The highest BCUT2D eigenvalue weighted by atomic mass is 32.2. The number of esters is 1. The molecule has 140 valence electrons. The van der Waals surface area contributed by atoms with Crippen LogP contribution in [0.3, 0.4) is 0 Å². The minimum absolute atomic E-state index is 0.301. The minimum Gasteiger partial charge on any atom is -0.451 e. The molecule has 2 aromatic rings. The first-order valence-corrected chi connectivity index (χ1v) is 9.56. The molecule has 5 nitrogen and oxygen atoms in total. The molecule has 2 rings (SSSR count). The number of sulfone groups is 1. The molecule has 2 aromatic carbocycles. The lowest BCUT2D eigenvalue weighted by molar-refractivity contribution is -0.0501. The summed E-state index contributed by atoms with van der Waals surface area (Å²) >= 11 is 0. The van der Waals surface area contributed by atoms with Crippen LogP contribution in [0.2, 0.25) is 0 Å². The van der Waals surface area contributed by atoms with E-state index in [2.05, 4.69) is 0 Å². The molecule has 26 heavy (non-hydrogen) atoms. The number of hydrogen-bond donors (Lipinski definition) is 0. The third kappa shape index (κ3) is 5.34. The third-order valence-electron chi connectivity index (χ3n) is 3.51. The Morgan fingerprint density at radius 2 is 1.58 bits per heavy atom. The number of ether oxygens (including phenoxy) is 2. The highest BCUT2D eigenvalue weighted by Gasteiger charge is 2.42. The second kappa shape index (κ2) is 8.37. The third-order valence-corrected chi connectivity index (χ3v) is 4.71. The van der Waals surface area contributed by atoms with Gasteiger partial charge in [0.05, 0.1) is 12.2 Å². The van der Waals surface area contributed by atoms with Gasteiger partial charge in [0.2, 0.25) is 9.84 Å². The maximum absolute atomic E-state index is 13.5. The summed E-state index contributed by atoms with van der Waals surface area (Å²) in [5.74, 6) is -0.641. The predicted octanol–water partition coefficient (Wildman–Crippen LogP) is 3.24. The average molecular weight is 384 g/mol. The van der Waals surface area contributed by atoms with Crippen molar-refractivity contribution in [1.82, 2.24) is 0 Å². The standard InChI is InChI=1S/C18H18F2O5S/c1-26(22,23)18(19,20)13-24-12-16(14-8-4-2-5-9-14)25-17(21)15-10-6-3-7-11-15/h2-11,16H,12-13H2,1H3. The molecule has 0 saturated carbocycles. The summed E-state index contributed by atoms with van der Waals surface area (Å²) in [5.41, 5.74) is 0.842. The summed E-state index contributed by atoms with van der Waals surface area (Å²) in [6, 6.07) is 16.6. The van der Waals surface area contributed by atoms with Crippen LogP contribution in [-0.2, 0) is 19.3 Å². The van der Waals surface area contributed by atoms with Gasteiger partial charge in [-0.1, -0.05) is 48.5 Å². The van der Waals surface area contributed by atoms with Gasteiger partial charge >= 0.3 is 11.2 Å². The van der Waals surface area contributed by atoms with Gasteiger partial charge in [-0.25, -0.2) is 13.2 Å². The second-order valence-electron chi connectivity index (χ2n) is 5.60. The van der Waals surface area contributed by atoms with Gasteiger partial charge in [-0.2, -0.15) is 8.78 Å². The van der Waals surface area contributed by atoms with Crippen molar-refractivity contribution in [2.24, 2.45) is 0 Å². The van der Waals surface area contributed by atoms with Crippen molar-refractivity contribution in [2.75, 3.05) is 19.5 Å². The molecule has 0 N–H and O–H groups in total. The molecule has 0 radical (unpaired) electrons. The summed E-state index contributed by atoms with van der Waals surface area (Å²) in [7, 11) is -4.60. The normalized spacial score (nSPS) is 13.2. The van der Waals surface area contributed by atoms with Crippen molar-refractivity contribution in [3.8, 4) is 0 Å². The zero-order valence-electron chi connectivity index (χ0n) is 14.0. The molecule has 0 bridgehead atoms. The van der Waals surface area contributed by atoms with Crippen LogP contribution < -0.4 is 0 Å². The van der Waals surface area contributed by atoms with Crippen molar-refractivity contribution in [3.05, 3.63) is 71.8 Å². The smallest absolute Gasteiger partial charge is 0.367 e. The van der Waals surface area contributed by atoms with E-state index in [9.17, 15) is 22.0 Å². The van der Waals surface area contributed by atoms with E-state index in [1.807, 2.05) is 0 Å². The van der Waals surface area contributed by atoms with Crippen LogP contribution >= 0.6 is 0 Å². The number of benzene rings is 2. The Labute approximate surface area is 150 Å². The molecule has 1 unspecified atom stereocenters. The molecule has 0 aliphatic rings. The van der Waals surface area contributed by atoms with Crippen LogP contribution in [-0.4, -0.2) is 39.1 Å². The summed E-state index contributed by atoms with van der Waals surface area (Å²) in [6.45, 7) is -1.73. The van der Waals surface area contributed by atoms with Gasteiger partial charge in [-0.05, 0) is 17.7 Å². The van der Waals surface area contributed by atoms with Gasteiger partial charge in [-0.15, -0.1) is 0 Å². The number of hydrogen-bond acceptors (Lipinski definition) is 5. The van der Waals surface area contributed by atoms with E-state index in [-0.39, 0.29) is 0 Å². The highest BCUT2D eigenvalue weighted by Crippen LogP contribution is 2.24. The number of halogens is 2. The van der Waals surface area contributed by atoms with Crippen LogP contribution in [0, 0.1) is 0 Å². The topological polar surface area (TPSA) is 69.7 Å². The van der Waals surface area contributed by atoms with Gasteiger partial charge in [0, 0.05) is 6.26 Å². The number of carbonyl (C=O) groups is 1. The van der Waals surface area contributed by atoms with Crippen molar-refractivity contribution in [3.63, 3.8) is 0 Å². The van der Waals surface area contributed by atoms with Gasteiger partial charge in [0.25, 0.3) is 0 Å². The van der Waals surface area contributed by atoms with Crippen LogP contribution in [0.5, 0.6) is 0 Å². The zero-order chi connectivity index (χ0) is 19.2. The Bertz CT molecular complexity index is 823. The second-order valence-corrected chi connectivity index (χ2v) is 7.74. The van der Waals surface area contributed by atoms with Crippen molar-refractivity contribution >= 4 is 15.8 Å². The average Bonchev–Trinajstić information content (AvgIpc) is 2.61. The summed E-state index contributed by atoms with van der Waals surface area (Å²) in [6.07, 6.45) is -0.528. The van der Waals surface area contributed by atoms with E-state index >= 15 is 0 Å². The Morgan fingerprint density at radius 1 is 1.04 bits per heavy atom. The summed E-state index contributed by atoms with van der Waals surface area (Å²) in [4.78, 5) is 12.2. The molecule has 0 aliphatic carbocycles. The SMILES string of the molecule is CS(=O)(=O)C(F)(F)COCC(OC(=O)c1ccccc1)c1ccccc1. The highest BCUT2D eigenvalue weighted by molar-refractivity contribution is 7.91. The summed E-state index contributed by atoms with van der Waals surface area (Å²) < 4.78 is 59.3. The zero-order valence-corrected chi connectivity index (χ0v) is 14.8. The van der Waals surface area contributed by atoms with Crippen LogP contribution in [0.4, 0.5) is 8.78 Å². The van der Waals surface area contributed by atoms with Crippen molar-refractivity contribution < 1.29 is 31.5 Å². The number of carbonyl (C=O) groups excluding carboxylic acids is 1. The molecule has 1 atom stereocenters. The lowest BCUT2D eigenvalue weighted by atomic mass is 10.1. The fourth-order valence-corrected chi connectivity index (χ4v) is 2.33. The van der Waals surface area contributed by atoms with Crippen molar-refractivity contribution in [1.29, 1.82) is 0 Å². The quantitative estimate of drug-likeness (QED) is 0.654. The Morgan fingerprint density at radius 3 is 2.12 bits per heavy atom. The van der Waals surface area contributed by atoms with Crippen LogP contribution in [0.1, 0.15) is 22.0 Å². The number of rotatable bonds is 8. The maximum atomic E-state index is 13.5. The first kappa shape index (κ1) is 20.0. The minimum atomic E-state index is -4.60. The van der Waals surface area contributed by atoms with Gasteiger partial charge < -0.3 is 9.47 Å². The molecule has 0 heterocycles. The molecular weight excluding hydrogens is 366 g/mol. The molecule has 0 spiro atoms. The number of alkyl halides is 2. The molecule has 0 aromatic heterocycles. The lowest BCUT2D eigenvalue weighted by Crippen LogP contribution is -2.34. The fraction of sp³-hybridized carbons (Fsp3) is 0.278. The molecule has 0 saturated heterocycles. The van der Waals surface area contributed by atoms with E-state index in [0.29, 0.717) is 17.4 Å². The monoisotopic (exact) mass is 384 g/mol. The van der Waals surface area contributed by atoms with Gasteiger partial charge in [-0.3, -0.25) is 0 Å². The first-order chi connectivity index (χ1) is 12.2. The first-order valence-electron chi connectivity index (χ1n) is 7.67. The van der Waals surface area contributed by atoms with E-state index in [4.69, 9.17) is 9.47 Å². The molecular formula is C18H18F2O5S. The molecule has 8 heteroatoms. The van der Waals surface area contributed by atoms with Crippen LogP contribution in [0.25, 0.3) is 0 Å². The Kier molecular flexibility index (Phi) is 6.44. The largest absolute Gasteiger partial charge is 0.451 e. The maximum Gasteiger partial charge on any atom is 0.367 e. The van der Waals surface area contributed by atoms with Gasteiger partial charge in [0.1, 0.15) is 6.61 Å². The molecule has 0 amide bonds. The van der Waals surface area contributed by atoms with Crippen LogP contribution in [0.15, 0.2) is 60.7 Å². The Balaban J connectivity index is 2.09. The summed E-state index contributed by atoms with van der Waals surface area (Å²) in [5, 5.41) is -4.02. The van der Waals surface area contributed by atoms with E-state index < -0.39 is 40.4 Å². The van der Waals surface area contributed by atoms with Gasteiger partial charge in [0.15, 0.2) is 6.10 Å². The Hall–Kier alpha value is -2.32.